The van der Waals surface area contributed by atoms with Crippen LogP contribution in [0.1, 0.15) is 21.6 Å². The van der Waals surface area contributed by atoms with Gasteiger partial charge in [-0.25, -0.2) is 9.78 Å². The van der Waals surface area contributed by atoms with Gasteiger partial charge in [-0.05, 0) is 54.1 Å². The molecule has 0 saturated heterocycles. The van der Waals surface area contributed by atoms with Gasteiger partial charge in [0.15, 0.2) is 11.5 Å². The van der Waals surface area contributed by atoms with Crippen LogP contribution in [0.15, 0.2) is 87.7 Å². The largest absolute Gasteiger partial charge is 0.480 e. The third-order valence-electron chi connectivity index (χ3n) is 5.91. The number of amides is 1. The Labute approximate surface area is 223 Å². The summed E-state index contributed by atoms with van der Waals surface area (Å²) >= 11 is 5.89. The molecule has 2 aromatic heterocycles. The van der Waals surface area contributed by atoms with Crippen LogP contribution in [0, 0.1) is 0 Å². The topological polar surface area (TPSA) is 106 Å². The van der Waals surface area contributed by atoms with Gasteiger partial charge in [0.25, 0.3) is 5.91 Å². The number of carboxylic acid groups (broad SMARTS) is 1. The minimum Gasteiger partial charge on any atom is -0.480 e. The summed E-state index contributed by atoms with van der Waals surface area (Å²) in [5.74, 6) is -2.26. The van der Waals surface area contributed by atoms with Gasteiger partial charge in [-0.1, -0.05) is 41.9 Å². The Morgan fingerprint density at radius 2 is 1.67 bits per heavy atom. The maximum Gasteiger partial charge on any atom is 0.416 e. The molecule has 0 fully saturated rings. The first-order valence-electron chi connectivity index (χ1n) is 11.5. The molecule has 3 aromatic carbocycles. The monoisotopic (exact) mass is 554 g/mol. The summed E-state index contributed by atoms with van der Waals surface area (Å²) in [6.07, 6.45) is -4.57. The zero-order chi connectivity index (χ0) is 27.7. The zero-order valence-electron chi connectivity index (χ0n) is 19.8. The van der Waals surface area contributed by atoms with E-state index in [-0.39, 0.29) is 35.1 Å². The van der Waals surface area contributed by atoms with Crippen molar-refractivity contribution in [2.75, 3.05) is 0 Å². The molecule has 1 amide bonds. The highest BCUT2D eigenvalue weighted by Gasteiger charge is 2.31. The standard InChI is InChI=1S/C28H18ClF3N2O5/c29-19-11-5-15(6-12-19)13-20(27(36)37)33-25(35)23-24(22-14-17-3-1-2-4-21(17)38-22)39-26(34-23)16-7-9-18(10-8-16)28(30,31)32/h1-12,14,20H,13H2,(H,33,35)(H,36,37). The molecule has 1 unspecified atom stereocenters. The number of furan rings is 1. The zero-order valence-corrected chi connectivity index (χ0v) is 20.6. The molecule has 2 N–H and O–H groups in total. The Hall–Kier alpha value is -4.57. The van der Waals surface area contributed by atoms with E-state index in [2.05, 4.69) is 10.3 Å². The lowest BCUT2D eigenvalue weighted by molar-refractivity contribution is -0.139. The van der Waals surface area contributed by atoms with Crippen molar-refractivity contribution in [2.24, 2.45) is 0 Å². The van der Waals surface area contributed by atoms with Crippen LogP contribution in [0.5, 0.6) is 0 Å². The van der Waals surface area contributed by atoms with Crippen molar-refractivity contribution in [3.63, 3.8) is 0 Å². The molecule has 5 aromatic rings. The number of fused-ring (bicyclic) bond motifs is 1. The number of rotatable bonds is 7. The van der Waals surface area contributed by atoms with Crippen LogP contribution in [-0.4, -0.2) is 28.0 Å². The van der Waals surface area contributed by atoms with Crippen LogP contribution in [-0.2, 0) is 17.4 Å². The van der Waals surface area contributed by atoms with E-state index in [1.54, 1.807) is 54.6 Å². The number of carbonyl (C=O) groups excluding carboxylic acids is 1. The van der Waals surface area contributed by atoms with E-state index in [0.717, 1.165) is 12.1 Å². The average Bonchev–Trinajstić information content (AvgIpc) is 3.54. The third kappa shape index (κ3) is 5.65. The van der Waals surface area contributed by atoms with E-state index in [9.17, 15) is 27.9 Å². The Morgan fingerprint density at radius 1 is 0.974 bits per heavy atom. The first kappa shape index (κ1) is 26.1. The van der Waals surface area contributed by atoms with Gasteiger partial charge in [0.2, 0.25) is 11.7 Å². The number of carboxylic acids is 1. The van der Waals surface area contributed by atoms with E-state index in [0.29, 0.717) is 21.6 Å². The van der Waals surface area contributed by atoms with Crippen LogP contribution in [0.2, 0.25) is 5.02 Å². The number of nitrogens with one attached hydrogen (secondary N) is 1. The highest BCUT2D eigenvalue weighted by Crippen LogP contribution is 2.35. The summed E-state index contributed by atoms with van der Waals surface area (Å²) in [6.45, 7) is 0. The fraction of sp³-hybridized carbons (Fsp3) is 0.107. The number of hydrogen-bond acceptors (Lipinski definition) is 5. The molecule has 0 aliphatic carbocycles. The number of para-hydroxylation sites is 1. The quantitative estimate of drug-likeness (QED) is 0.228. The van der Waals surface area contributed by atoms with E-state index >= 15 is 0 Å². The molecular weight excluding hydrogens is 537 g/mol. The van der Waals surface area contributed by atoms with Crippen molar-refractivity contribution in [1.82, 2.24) is 10.3 Å². The Kier molecular flexibility index (Phi) is 6.88. The summed E-state index contributed by atoms with van der Waals surface area (Å²) in [5.41, 5.74) is 0.147. The maximum atomic E-state index is 13.3. The third-order valence-corrected chi connectivity index (χ3v) is 6.16. The molecule has 0 saturated carbocycles. The number of alkyl halides is 3. The number of aromatic nitrogens is 1. The molecule has 0 bridgehead atoms. The van der Waals surface area contributed by atoms with Gasteiger partial charge in [-0.2, -0.15) is 13.2 Å². The summed E-state index contributed by atoms with van der Waals surface area (Å²) in [5, 5.41) is 13.4. The van der Waals surface area contributed by atoms with Gasteiger partial charge < -0.3 is 19.3 Å². The van der Waals surface area contributed by atoms with Gasteiger partial charge in [0, 0.05) is 22.4 Å². The Bertz CT molecular complexity index is 1620. The van der Waals surface area contributed by atoms with Crippen molar-refractivity contribution in [2.45, 2.75) is 18.6 Å². The molecule has 2 heterocycles. The highest BCUT2D eigenvalue weighted by molar-refractivity contribution is 6.30. The van der Waals surface area contributed by atoms with Crippen molar-refractivity contribution < 1.29 is 36.7 Å². The number of benzene rings is 3. The molecule has 11 heteroatoms. The van der Waals surface area contributed by atoms with Crippen LogP contribution < -0.4 is 5.32 Å². The van der Waals surface area contributed by atoms with Crippen LogP contribution in [0.4, 0.5) is 13.2 Å². The second-order valence-electron chi connectivity index (χ2n) is 8.62. The Balaban J connectivity index is 1.52. The second-order valence-corrected chi connectivity index (χ2v) is 9.05. The van der Waals surface area contributed by atoms with Crippen LogP contribution in [0.3, 0.4) is 0 Å². The number of carbonyl (C=O) groups is 2. The molecule has 0 spiro atoms. The fourth-order valence-corrected chi connectivity index (χ4v) is 4.07. The molecule has 39 heavy (non-hydrogen) atoms. The number of oxazole rings is 1. The predicted octanol–water partition coefficient (Wildman–Crippen LogP) is 6.85. The fourth-order valence-electron chi connectivity index (χ4n) is 3.94. The van der Waals surface area contributed by atoms with Crippen molar-refractivity contribution >= 4 is 34.4 Å². The summed E-state index contributed by atoms with van der Waals surface area (Å²) in [7, 11) is 0. The van der Waals surface area contributed by atoms with E-state index in [4.69, 9.17) is 20.4 Å². The van der Waals surface area contributed by atoms with Crippen LogP contribution >= 0.6 is 11.6 Å². The van der Waals surface area contributed by atoms with Crippen molar-refractivity contribution in [3.8, 4) is 23.0 Å². The predicted molar refractivity (Wildman–Crippen MR) is 136 cm³/mol. The second kappa shape index (κ2) is 10.3. The lowest BCUT2D eigenvalue weighted by atomic mass is 10.1. The Morgan fingerprint density at radius 3 is 2.31 bits per heavy atom. The normalized spacial score (nSPS) is 12.4. The first-order chi connectivity index (χ1) is 18.6. The molecule has 0 aliphatic heterocycles. The van der Waals surface area contributed by atoms with Gasteiger partial charge in [0.05, 0.1) is 5.56 Å². The molecule has 1 atom stereocenters. The SMILES string of the molecule is O=C(NC(Cc1ccc(Cl)cc1)C(=O)O)c1nc(-c2ccc(C(F)(F)F)cc2)oc1-c1cc2ccccc2o1. The van der Waals surface area contributed by atoms with E-state index in [1.165, 1.54) is 12.1 Å². The van der Waals surface area contributed by atoms with Gasteiger partial charge in [-0.15, -0.1) is 0 Å². The highest BCUT2D eigenvalue weighted by atomic mass is 35.5. The minimum atomic E-state index is -4.53. The smallest absolute Gasteiger partial charge is 0.416 e. The number of nitrogens with zero attached hydrogens (tertiary/aromatic N) is 1. The molecule has 0 aliphatic rings. The van der Waals surface area contributed by atoms with Gasteiger partial charge >= 0.3 is 12.1 Å². The van der Waals surface area contributed by atoms with Crippen molar-refractivity contribution in [3.05, 3.63) is 101 Å². The molecule has 5 rings (SSSR count). The average molecular weight is 555 g/mol. The van der Waals surface area contributed by atoms with E-state index < -0.39 is 29.7 Å². The molecule has 0 radical (unpaired) electrons. The summed E-state index contributed by atoms with van der Waals surface area (Å²) in [4.78, 5) is 29.5. The lowest BCUT2D eigenvalue weighted by Crippen LogP contribution is -2.42. The van der Waals surface area contributed by atoms with Gasteiger partial charge in [-0.3, -0.25) is 4.79 Å². The minimum absolute atomic E-state index is 0.0399. The van der Waals surface area contributed by atoms with Crippen molar-refractivity contribution in [1.29, 1.82) is 0 Å². The number of aliphatic carboxylic acids is 1. The molecule has 7 nitrogen and oxygen atoms in total. The first-order valence-corrected chi connectivity index (χ1v) is 11.9. The lowest BCUT2D eigenvalue weighted by Gasteiger charge is -2.14. The summed E-state index contributed by atoms with van der Waals surface area (Å²) < 4.78 is 50.7. The number of hydrogen-bond donors (Lipinski definition) is 2. The molecule has 198 valence electrons. The summed E-state index contributed by atoms with van der Waals surface area (Å²) in [6, 6.07) is 17.9. The molecular formula is C28H18ClF3N2O5. The van der Waals surface area contributed by atoms with Crippen LogP contribution in [0.25, 0.3) is 33.9 Å². The maximum absolute atomic E-state index is 13.3. The number of halogens is 4. The van der Waals surface area contributed by atoms with Gasteiger partial charge in [0.1, 0.15) is 11.6 Å². The van der Waals surface area contributed by atoms with E-state index in [1.807, 2.05) is 0 Å².